The van der Waals surface area contributed by atoms with Gasteiger partial charge in [0, 0.05) is 32.4 Å². The van der Waals surface area contributed by atoms with E-state index >= 15 is 0 Å². The van der Waals surface area contributed by atoms with Crippen molar-refractivity contribution in [2.75, 3.05) is 33.4 Å². The van der Waals surface area contributed by atoms with Gasteiger partial charge in [0.15, 0.2) is 5.79 Å². The molecule has 2 aliphatic rings. The highest BCUT2D eigenvalue weighted by Gasteiger charge is 2.40. The van der Waals surface area contributed by atoms with Crippen LogP contribution in [0.5, 0.6) is 5.75 Å². The molecule has 0 saturated carbocycles. The van der Waals surface area contributed by atoms with E-state index in [1.54, 1.807) is 7.11 Å². The summed E-state index contributed by atoms with van der Waals surface area (Å²) in [5, 5.41) is 0. The number of hydrogen-bond donors (Lipinski definition) is 0. The molecule has 3 rings (SSSR count). The Balaban J connectivity index is 1.50. The highest BCUT2D eigenvalue weighted by Crippen LogP contribution is 2.31. The van der Waals surface area contributed by atoms with Crippen LogP contribution in [0.2, 0.25) is 0 Å². The SMILES string of the molecule is COc1ccccc1CCC(=O)N1CCC2(CC1)OCCO2. The molecule has 2 fully saturated rings. The largest absolute Gasteiger partial charge is 0.496 e. The molecule has 5 heteroatoms. The van der Waals surface area contributed by atoms with E-state index in [1.807, 2.05) is 29.2 Å². The monoisotopic (exact) mass is 305 g/mol. The van der Waals surface area contributed by atoms with Crippen LogP contribution in [0.25, 0.3) is 0 Å². The lowest BCUT2D eigenvalue weighted by Gasteiger charge is -2.37. The molecule has 1 spiro atoms. The Morgan fingerprint density at radius 1 is 1.23 bits per heavy atom. The van der Waals surface area contributed by atoms with Gasteiger partial charge in [-0.05, 0) is 18.1 Å². The molecule has 2 aliphatic heterocycles. The van der Waals surface area contributed by atoms with Crippen molar-refractivity contribution in [2.24, 2.45) is 0 Å². The third-order valence-corrected chi connectivity index (χ3v) is 4.49. The lowest BCUT2D eigenvalue weighted by atomic mass is 10.0. The fraction of sp³-hybridized carbons (Fsp3) is 0.588. The molecule has 2 heterocycles. The normalized spacial score (nSPS) is 20.3. The van der Waals surface area contributed by atoms with Crippen LogP contribution in [0.1, 0.15) is 24.8 Å². The average molecular weight is 305 g/mol. The van der Waals surface area contributed by atoms with Gasteiger partial charge in [0.1, 0.15) is 5.75 Å². The Hall–Kier alpha value is -1.59. The first-order chi connectivity index (χ1) is 10.7. The number of methoxy groups -OCH3 is 1. The fourth-order valence-electron chi connectivity index (χ4n) is 3.19. The van der Waals surface area contributed by atoms with Crippen molar-refractivity contribution in [1.29, 1.82) is 0 Å². The minimum Gasteiger partial charge on any atom is -0.496 e. The van der Waals surface area contributed by atoms with E-state index in [1.165, 1.54) is 0 Å². The van der Waals surface area contributed by atoms with Crippen molar-refractivity contribution >= 4 is 5.91 Å². The second-order valence-corrected chi connectivity index (χ2v) is 5.80. The average Bonchev–Trinajstić information content (AvgIpc) is 3.01. The number of likely N-dealkylation sites (tertiary alicyclic amines) is 1. The van der Waals surface area contributed by atoms with Gasteiger partial charge in [0.2, 0.25) is 5.91 Å². The predicted molar refractivity (Wildman–Crippen MR) is 81.8 cm³/mol. The summed E-state index contributed by atoms with van der Waals surface area (Å²) in [6.07, 6.45) is 2.76. The molecule has 120 valence electrons. The van der Waals surface area contributed by atoms with Gasteiger partial charge in [-0.25, -0.2) is 0 Å². The predicted octanol–water partition coefficient (Wildman–Crippen LogP) is 1.99. The van der Waals surface area contributed by atoms with Crippen LogP contribution in [0.3, 0.4) is 0 Å². The highest BCUT2D eigenvalue weighted by atomic mass is 16.7. The number of rotatable bonds is 4. The zero-order valence-electron chi connectivity index (χ0n) is 13.0. The molecule has 0 radical (unpaired) electrons. The lowest BCUT2D eigenvalue weighted by Crippen LogP contribution is -2.47. The van der Waals surface area contributed by atoms with Gasteiger partial charge in [0.25, 0.3) is 0 Å². The molecule has 0 bridgehead atoms. The van der Waals surface area contributed by atoms with Crippen molar-refractivity contribution < 1.29 is 19.0 Å². The first kappa shape index (κ1) is 15.3. The first-order valence-corrected chi connectivity index (χ1v) is 7.90. The third kappa shape index (κ3) is 3.25. The number of carbonyl (C=O) groups is 1. The second-order valence-electron chi connectivity index (χ2n) is 5.80. The van der Waals surface area contributed by atoms with Crippen molar-refractivity contribution in [2.45, 2.75) is 31.5 Å². The maximum atomic E-state index is 12.4. The van der Waals surface area contributed by atoms with E-state index in [2.05, 4.69) is 0 Å². The molecule has 0 N–H and O–H groups in total. The van der Waals surface area contributed by atoms with E-state index in [-0.39, 0.29) is 5.91 Å². The smallest absolute Gasteiger partial charge is 0.222 e. The Bertz CT molecular complexity index is 515. The Morgan fingerprint density at radius 2 is 1.91 bits per heavy atom. The standard InChI is InChI=1S/C17H23NO4/c1-20-15-5-3-2-4-14(15)6-7-16(19)18-10-8-17(9-11-18)21-12-13-22-17/h2-5H,6-13H2,1H3. The number of hydrogen-bond acceptors (Lipinski definition) is 4. The second kappa shape index (κ2) is 6.67. The zero-order valence-corrected chi connectivity index (χ0v) is 13.0. The van der Waals surface area contributed by atoms with Crippen LogP contribution in [0.15, 0.2) is 24.3 Å². The van der Waals surface area contributed by atoms with Crippen molar-refractivity contribution in [3.63, 3.8) is 0 Å². The molecule has 2 saturated heterocycles. The number of aryl methyl sites for hydroxylation is 1. The number of carbonyl (C=O) groups excluding carboxylic acids is 1. The van der Waals surface area contributed by atoms with Gasteiger partial charge in [-0.3, -0.25) is 4.79 Å². The number of benzene rings is 1. The van der Waals surface area contributed by atoms with Crippen LogP contribution in [-0.4, -0.2) is 50.0 Å². The molecule has 0 atom stereocenters. The molecular formula is C17H23NO4. The van der Waals surface area contributed by atoms with E-state index in [9.17, 15) is 4.79 Å². The zero-order chi connectivity index (χ0) is 15.4. The van der Waals surface area contributed by atoms with Gasteiger partial charge in [-0.1, -0.05) is 18.2 Å². The summed E-state index contributed by atoms with van der Waals surface area (Å²) in [7, 11) is 1.66. The van der Waals surface area contributed by atoms with Gasteiger partial charge in [0.05, 0.1) is 20.3 Å². The molecule has 0 aromatic heterocycles. The van der Waals surface area contributed by atoms with Crippen molar-refractivity contribution in [3.05, 3.63) is 29.8 Å². The summed E-state index contributed by atoms with van der Waals surface area (Å²) < 4.78 is 16.7. The summed E-state index contributed by atoms with van der Waals surface area (Å²) >= 11 is 0. The number of piperidine rings is 1. The molecular weight excluding hydrogens is 282 g/mol. The van der Waals surface area contributed by atoms with Crippen LogP contribution in [-0.2, 0) is 20.7 Å². The van der Waals surface area contributed by atoms with Gasteiger partial charge < -0.3 is 19.1 Å². The summed E-state index contributed by atoms with van der Waals surface area (Å²) in [6, 6.07) is 7.86. The topological polar surface area (TPSA) is 48.0 Å². The van der Waals surface area contributed by atoms with E-state index in [0.717, 1.165) is 24.2 Å². The molecule has 0 unspecified atom stereocenters. The Morgan fingerprint density at radius 3 is 2.59 bits per heavy atom. The van der Waals surface area contributed by atoms with E-state index in [0.29, 0.717) is 39.1 Å². The molecule has 22 heavy (non-hydrogen) atoms. The van der Waals surface area contributed by atoms with Gasteiger partial charge in [-0.2, -0.15) is 0 Å². The summed E-state index contributed by atoms with van der Waals surface area (Å²) in [4.78, 5) is 14.3. The summed E-state index contributed by atoms with van der Waals surface area (Å²) in [5.41, 5.74) is 1.08. The molecule has 1 aromatic carbocycles. The molecule has 5 nitrogen and oxygen atoms in total. The van der Waals surface area contributed by atoms with E-state index in [4.69, 9.17) is 14.2 Å². The van der Waals surface area contributed by atoms with Crippen LogP contribution >= 0.6 is 0 Å². The van der Waals surface area contributed by atoms with Crippen LogP contribution in [0, 0.1) is 0 Å². The lowest BCUT2D eigenvalue weighted by molar-refractivity contribution is -0.187. The first-order valence-electron chi connectivity index (χ1n) is 7.90. The summed E-state index contributed by atoms with van der Waals surface area (Å²) in [6.45, 7) is 2.76. The Kier molecular flexibility index (Phi) is 4.64. The number of ether oxygens (including phenoxy) is 3. The molecule has 0 aliphatic carbocycles. The van der Waals surface area contributed by atoms with Crippen LogP contribution < -0.4 is 4.74 Å². The molecule has 1 aromatic rings. The molecule has 1 amide bonds. The minimum absolute atomic E-state index is 0.193. The van der Waals surface area contributed by atoms with Crippen LogP contribution in [0.4, 0.5) is 0 Å². The van der Waals surface area contributed by atoms with E-state index < -0.39 is 5.79 Å². The minimum atomic E-state index is -0.417. The number of amides is 1. The third-order valence-electron chi connectivity index (χ3n) is 4.49. The fourth-order valence-corrected chi connectivity index (χ4v) is 3.19. The highest BCUT2D eigenvalue weighted by molar-refractivity contribution is 5.76. The number of para-hydroxylation sites is 1. The maximum absolute atomic E-state index is 12.4. The maximum Gasteiger partial charge on any atom is 0.222 e. The summed E-state index contributed by atoms with van der Waals surface area (Å²) in [5.74, 6) is 0.624. The van der Waals surface area contributed by atoms with Gasteiger partial charge >= 0.3 is 0 Å². The van der Waals surface area contributed by atoms with Crippen molar-refractivity contribution in [3.8, 4) is 5.75 Å². The van der Waals surface area contributed by atoms with Crippen molar-refractivity contribution in [1.82, 2.24) is 4.90 Å². The number of nitrogens with zero attached hydrogens (tertiary/aromatic N) is 1. The van der Waals surface area contributed by atoms with Gasteiger partial charge in [-0.15, -0.1) is 0 Å². The Labute approximate surface area is 131 Å². The quantitative estimate of drug-likeness (QED) is 0.853.